The third-order valence-electron chi connectivity index (χ3n) is 3.01. The Labute approximate surface area is 122 Å². The van der Waals surface area contributed by atoms with E-state index in [0.717, 1.165) is 30.1 Å². The van der Waals surface area contributed by atoms with Crippen molar-refractivity contribution in [3.05, 3.63) is 46.9 Å². The molecule has 0 unspecified atom stereocenters. The van der Waals surface area contributed by atoms with Crippen molar-refractivity contribution in [2.24, 2.45) is 4.99 Å². The van der Waals surface area contributed by atoms with Gasteiger partial charge in [-0.2, -0.15) is 0 Å². The lowest BCUT2D eigenvalue weighted by Crippen LogP contribution is -2.16. The molecule has 0 saturated carbocycles. The Morgan fingerprint density at radius 2 is 2.10 bits per heavy atom. The van der Waals surface area contributed by atoms with Crippen molar-refractivity contribution in [2.45, 2.75) is 41.0 Å². The Hall–Kier alpha value is -1.90. The van der Waals surface area contributed by atoms with E-state index in [-0.39, 0.29) is 0 Å². The van der Waals surface area contributed by atoms with Gasteiger partial charge in [0.05, 0.1) is 12.2 Å². The molecule has 0 fully saturated rings. The fraction of sp³-hybridized carbons (Fsp3) is 0.412. The van der Waals surface area contributed by atoms with Gasteiger partial charge in [0, 0.05) is 29.4 Å². The van der Waals surface area contributed by atoms with Gasteiger partial charge in [-0.25, -0.2) is 0 Å². The molecule has 0 atom stereocenters. The number of aliphatic imine (C=N–C) groups is 1. The number of hydrogen-bond acceptors (Lipinski definition) is 3. The van der Waals surface area contributed by atoms with Gasteiger partial charge in [-0.1, -0.05) is 19.1 Å². The molecule has 20 heavy (non-hydrogen) atoms. The largest absolute Gasteiger partial charge is 0.379 e. The van der Waals surface area contributed by atoms with E-state index in [9.17, 15) is 0 Å². The lowest BCUT2D eigenvalue weighted by molar-refractivity contribution is 0.928. The smallest absolute Gasteiger partial charge is 0.0570 e. The van der Waals surface area contributed by atoms with Crippen LogP contribution in [0.4, 0.5) is 0 Å². The van der Waals surface area contributed by atoms with Gasteiger partial charge in [-0.15, -0.1) is 0 Å². The van der Waals surface area contributed by atoms with Crippen molar-refractivity contribution in [1.29, 1.82) is 0 Å². The molecule has 0 aromatic carbocycles. The van der Waals surface area contributed by atoms with Crippen LogP contribution >= 0.6 is 0 Å². The molecule has 1 rings (SSSR count). The Kier molecular flexibility index (Phi) is 6.71. The van der Waals surface area contributed by atoms with Gasteiger partial charge in [0.2, 0.25) is 0 Å². The lowest BCUT2D eigenvalue weighted by atomic mass is 10.1. The van der Waals surface area contributed by atoms with Crippen molar-refractivity contribution in [3.8, 4) is 0 Å². The summed E-state index contributed by atoms with van der Waals surface area (Å²) in [5.41, 5.74) is 5.55. The van der Waals surface area contributed by atoms with E-state index in [1.54, 1.807) is 0 Å². The van der Waals surface area contributed by atoms with Gasteiger partial charge >= 0.3 is 0 Å². The number of allylic oxidation sites excluding steroid dienone is 2. The van der Waals surface area contributed by atoms with Gasteiger partial charge in [0.1, 0.15) is 0 Å². The maximum Gasteiger partial charge on any atom is 0.0570 e. The summed E-state index contributed by atoms with van der Waals surface area (Å²) >= 11 is 0. The van der Waals surface area contributed by atoms with E-state index in [4.69, 9.17) is 0 Å². The van der Waals surface area contributed by atoms with E-state index >= 15 is 0 Å². The molecule has 1 aromatic heterocycles. The highest BCUT2D eigenvalue weighted by Gasteiger charge is 2.06. The highest BCUT2D eigenvalue weighted by molar-refractivity contribution is 5.66. The fourth-order valence-electron chi connectivity index (χ4n) is 1.97. The molecule has 0 aliphatic rings. The number of aryl methyl sites for hydroxylation is 2. The van der Waals surface area contributed by atoms with Crippen LogP contribution < -0.4 is 5.32 Å². The second kappa shape index (κ2) is 8.31. The van der Waals surface area contributed by atoms with E-state index in [1.165, 1.54) is 11.1 Å². The zero-order valence-electron chi connectivity index (χ0n) is 13.2. The third kappa shape index (κ3) is 4.65. The fourth-order valence-corrected chi connectivity index (χ4v) is 1.97. The van der Waals surface area contributed by atoms with Crippen LogP contribution in [0.5, 0.6) is 0 Å². The molecule has 0 radical (unpaired) electrons. The Morgan fingerprint density at radius 3 is 2.70 bits per heavy atom. The van der Waals surface area contributed by atoms with E-state index in [2.05, 4.69) is 41.3 Å². The molecule has 3 heteroatoms. The molecule has 0 aliphatic carbocycles. The van der Waals surface area contributed by atoms with Gasteiger partial charge in [-0.3, -0.25) is 9.98 Å². The number of hydrogen-bond donors (Lipinski definition) is 1. The zero-order valence-corrected chi connectivity index (χ0v) is 13.2. The van der Waals surface area contributed by atoms with Crippen LogP contribution in [0.25, 0.3) is 5.70 Å². The second-order valence-electron chi connectivity index (χ2n) is 4.69. The zero-order chi connectivity index (χ0) is 15.0. The minimum absolute atomic E-state index is 0.722. The Bertz CT molecular complexity index is 525. The number of rotatable bonds is 6. The normalized spacial score (nSPS) is 13.1. The minimum atomic E-state index is 0.722. The molecule has 0 saturated heterocycles. The highest BCUT2D eigenvalue weighted by Crippen LogP contribution is 2.17. The minimum Gasteiger partial charge on any atom is -0.379 e. The molecule has 1 aromatic rings. The van der Waals surface area contributed by atoms with Crippen molar-refractivity contribution < 1.29 is 0 Å². The summed E-state index contributed by atoms with van der Waals surface area (Å²) in [7, 11) is 0. The van der Waals surface area contributed by atoms with Crippen molar-refractivity contribution in [3.63, 3.8) is 0 Å². The SMILES string of the molecule is CC=N/C(=C\C)CN/C(=C/CC)c1cc(C)cnc1C. The summed E-state index contributed by atoms with van der Waals surface area (Å²) in [5, 5.41) is 3.48. The third-order valence-corrected chi connectivity index (χ3v) is 3.01. The Morgan fingerprint density at radius 1 is 1.35 bits per heavy atom. The molecule has 3 nitrogen and oxygen atoms in total. The number of pyridine rings is 1. The molecule has 1 heterocycles. The molecule has 0 bridgehead atoms. The lowest BCUT2D eigenvalue weighted by Gasteiger charge is -2.14. The van der Waals surface area contributed by atoms with Crippen molar-refractivity contribution >= 4 is 11.9 Å². The van der Waals surface area contributed by atoms with Crippen LogP contribution in [0, 0.1) is 13.8 Å². The molecule has 0 spiro atoms. The summed E-state index contributed by atoms with van der Waals surface area (Å²) < 4.78 is 0. The number of aromatic nitrogens is 1. The maximum absolute atomic E-state index is 4.44. The van der Waals surface area contributed by atoms with Gasteiger partial charge in [-0.05, 0) is 45.7 Å². The summed E-state index contributed by atoms with van der Waals surface area (Å²) in [4.78, 5) is 8.78. The summed E-state index contributed by atoms with van der Waals surface area (Å²) in [6.07, 6.45) is 8.93. The second-order valence-corrected chi connectivity index (χ2v) is 4.69. The van der Waals surface area contributed by atoms with Gasteiger partial charge < -0.3 is 5.32 Å². The van der Waals surface area contributed by atoms with E-state index < -0.39 is 0 Å². The molecular weight excluding hydrogens is 246 g/mol. The molecule has 0 amide bonds. The molecule has 1 N–H and O–H groups in total. The standard InChI is InChI=1S/C17H25N3/c1-6-9-17(20-12-15(7-2)18-8-3)16-10-13(4)11-19-14(16)5/h7-11,20H,6,12H2,1-5H3/b15-7-,17-9+,18-8?. The number of nitrogens with one attached hydrogen (secondary N) is 1. The highest BCUT2D eigenvalue weighted by atomic mass is 14.9. The first kappa shape index (κ1) is 16.2. The quantitative estimate of drug-likeness (QED) is 0.793. The topological polar surface area (TPSA) is 37.3 Å². The average molecular weight is 271 g/mol. The van der Waals surface area contributed by atoms with Crippen LogP contribution in [-0.4, -0.2) is 17.7 Å². The number of nitrogens with zero attached hydrogens (tertiary/aromatic N) is 2. The van der Waals surface area contributed by atoms with Crippen LogP contribution in [-0.2, 0) is 0 Å². The summed E-state index contributed by atoms with van der Waals surface area (Å²) in [5.74, 6) is 0. The maximum atomic E-state index is 4.44. The van der Waals surface area contributed by atoms with Crippen LogP contribution in [0.3, 0.4) is 0 Å². The van der Waals surface area contributed by atoms with Gasteiger partial charge in [0.15, 0.2) is 0 Å². The average Bonchev–Trinajstić information content (AvgIpc) is 2.44. The van der Waals surface area contributed by atoms with Crippen LogP contribution in [0.15, 0.2) is 35.1 Å². The van der Waals surface area contributed by atoms with E-state index in [1.807, 2.05) is 39.3 Å². The predicted molar refractivity (Wildman–Crippen MR) is 87.9 cm³/mol. The van der Waals surface area contributed by atoms with Crippen molar-refractivity contribution in [1.82, 2.24) is 10.3 Å². The summed E-state index contributed by atoms with van der Waals surface area (Å²) in [6, 6.07) is 2.18. The predicted octanol–water partition coefficient (Wildman–Crippen LogP) is 4.03. The summed E-state index contributed by atoms with van der Waals surface area (Å²) in [6.45, 7) is 10.9. The Balaban J connectivity index is 2.96. The van der Waals surface area contributed by atoms with Gasteiger partial charge in [0.25, 0.3) is 0 Å². The first-order chi connectivity index (χ1) is 9.62. The first-order valence-corrected chi connectivity index (χ1v) is 7.13. The monoisotopic (exact) mass is 271 g/mol. The van der Waals surface area contributed by atoms with Crippen molar-refractivity contribution in [2.75, 3.05) is 6.54 Å². The molecule has 0 aliphatic heterocycles. The molecular formula is C17H25N3. The van der Waals surface area contributed by atoms with Crippen LogP contribution in [0.2, 0.25) is 0 Å². The molecule has 108 valence electrons. The van der Waals surface area contributed by atoms with Crippen LogP contribution in [0.1, 0.15) is 44.0 Å². The van der Waals surface area contributed by atoms with E-state index in [0.29, 0.717) is 0 Å². The first-order valence-electron chi connectivity index (χ1n) is 7.13.